The first kappa shape index (κ1) is 19.5. The van der Waals surface area contributed by atoms with E-state index in [-0.39, 0.29) is 5.91 Å². The molecule has 2 aromatic carbocycles. The molecule has 0 aliphatic rings. The number of amides is 1. The zero-order valence-electron chi connectivity index (χ0n) is 14.7. The molecule has 6 heteroatoms. The number of carbonyl (C=O) groups is 1. The number of methoxy groups -OCH3 is 2. The highest BCUT2D eigenvalue weighted by Gasteiger charge is 2.12. The molecule has 0 aliphatic carbocycles. The molecule has 0 spiro atoms. The van der Waals surface area contributed by atoms with Gasteiger partial charge in [0.1, 0.15) is 0 Å². The zero-order valence-corrected chi connectivity index (χ0v) is 16.9. The number of rotatable bonds is 8. The number of nitrogens with zero attached hydrogens (tertiary/aromatic N) is 1. The molecule has 2 rings (SSSR count). The fraction of sp³-hybridized carbons (Fsp3) is 0.316. The second-order valence-electron chi connectivity index (χ2n) is 5.52. The lowest BCUT2D eigenvalue weighted by Crippen LogP contribution is -2.32. The zero-order chi connectivity index (χ0) is 18.2. The highest BCUT2D eigenvalue weighted by atomic mass is 127. The predicted molar refractivity (Wildman–Crippen MR) is 108 cm³/mol. The van der Waals surface area contributed by atoms with Crippen molar-refractivity contribution >= 4 is 34.2 Å². The van der Waals surface area contributed by atoms with E-state index in [1.165, 1.54) is 0 Å². The van der Waals surface area contributed by atoms with Gasteiger partial charge in [-0.15, -0.1) is 0 Å². The minimum absolute atomic E-state index is 0.0218. The Bertz CT molecular complexity index is 722. The van der Waals surface area contributed by atoms with Crippen molar-refractivity contribution in [3.8, 4) is 11.5 Å². The number of carbonyl (C=O) groups excluding carboxylic acids is 1. The van der Waals surface area contributed by atoms with E-state index in [4.69, 9.17) is 9.47 Å². The minimum Gasteiger partial charge on any atom is -0.493 e. The van der Waals surface area contributed by atoms with Crippen molar-refractivity contribution in [3.05, 3.63) is 51.6 Å². The van der Waals surface area contributed by atoms with Gasteiger partial charge in [0.15, 0.2) is 11.5 Å². The summed E-state index contributed by atoms with van der Waals surface area (Å²) in [5.74, 6) is 1.37. The molecule has 0 aromatic heterocycles. The molecule has 0 heterocycles. The third kappa shape index (κ3) is 5.61. The Kier molecular flexibility index (Phi) is 7.52. The number of hydrogen-bond donors (Lipinski definition) is 1. The maximum atomic E-state index is 12.3. The summed E-state index contributed by atoms with van der Waals surface area (Å²) < 4.78 is 11.6. The molecule has 0 bridgehead atoms. The van der Waals surface area contributed by atoms with Crippen LogP contribution in [-0.2, 0) is 11.3 Å². The van der Waals surface area contributed by atoms with E-state index in [2.05, 4.69) is 32.8 Å². The number of likely N-dealkylation sites (N-methyl/N-ethyl adjacent to an activating group) is 1. The number of para-hydroxylation sites is 1. The van der Waals surface area contributed by atoms with Crippen molar-refractivity contribution in [1.82, 2.24) is 4.90 Å². The van der Waals surface area contributed by atoms with Crippen LogP contribution in [0.1, 0.15) is 12.5 Å². The molecule has 0 aliphatic heterocycles. The molecule has 0 saturated heterocycles. The van der Waals surface area contributed by atoms with E-state index in [0.717, 1.165) is 21.4 Å². The summed E-state index contributed by atoms with van der Waals surface area (Å²) in [6, 6.07) is 13.6. The summed E-state index contributed by atoms with van der Waals surface area (Å²) in [6.07, 6.45) is 0. The maximum absolute atomic E-state index is 12.3. The average Bonchev–Trinajstić information content (AvgIpc) is 2.62. The van der Waals surface area contributed by atoms with Gasteiger partial charge in [-0.25, -0.2) is 0 Å². The number of ether oxygens (including phenoxy) is 2. The highest BCUT2D eigenvalue weighted by Crippen LogP contribution is 2.28. The van der Waals surface area contributed by atoms with Crippen LogP contribution in [0.15, 0.2) is 42.5 Å². The van der Waals surface area contributed by atoms with Crippen LogP contribution >= 0.6 is 22.6 Å². The van der Waals surface area contributed by atoms with Crippen molar-refractivity contribution < 1.29 is 14.3 Å². The van der Waals surface area contributed by atoms with E-state index in [0.29, 0.717) is 24.6 Å². The van der Waals surface area contributed by atoms with Crippen LogP contribution in [0.5, 0.6) is 11.5 Å². The lowest BCUT2D eigenvalue weighted by molar-refractivity contribution is -0.117. The van der Waals surface area contributed by atoms with Crippen LogP contribution in [0.2, 0.25) is 0 Å². The molecule has 5 nitrogen and oxygen atoms in total. The first-order valence-corrected chi connectivity index (χ1v) is 9.12. The molecule has 0 fully saturated rings. The molecular weight excluding hydrogens is 431 g/mol. The monoisotopic (exact) mass is 454 g/mol. The number of benzene rings is 2. The maximum Gasteiger partial charge on any atom is 0.238 e. The lowest BCUT2D eigenvalue weighted by Gasteiger charge is -2.21. The molecule has 134 valence electrons. The Morgan fingerprint density at radius 2 is 1.84 bits per heavy atom. The van der Waals surface area contributed by atoms with Gasteiger partial charge in [0.25, 0.3) is 0 Å². The molecule has 2 aromatic rings. The van der Waals surface area contributed by atoms with Crippen LogP contribution < -0.4 is 14.8 Å². The summed E-state index contributed by atoms with van der Waals surface area (Å²) in [5.41, 5.74) is 1.91. The van der Waals surface area contributed by atoms with Crippen molar-refractivity contribution in [2.45, 2.75) is 13.5 Å². The SMILES string of the molecule is CCN(CC(=O)Nc1ccccc1I)Cc1ccc(OC)c(OC)c1. The summed E-state index contributed by atoms with van der Waals surface area (Å²) in [7, 11) is 3.24. The standard InChI is InChI=1S/C19H23IN2O3/c1-4-22(12-14-9-10-17(24-2)18(11-14)25-3)13-19(23)21-16-8-6-5-7-15(16)20/h5-11H,4,12-13H2,1-3H3,(H,21,23). The van der Waals surface area contributed by atoms with E-state index < -0.39 is 0 Å². The van der Waals surface area contributed by atoms with Crippen LogP contribution in [0.4, 0.5) is 5.69 Å². The third-order valence-corrected chi connectivity index (χ3v) is 4.76. The first-order valence-electron chi connectivity index (χ1n) is 8.05. The molecule has 0 unspecified atom stereocenters. The van der Waals surface area contributed by atoms with Gasteiger partial charge >= 0.3 is 0 Å². The number of hydrogen-bond acceptors (Lipinski definition) is 4. The molecule has 1 N–H and O–H groups in total. The fourth-order valence-electron chi connectivity index (χ4n) is 2.47. The molecule has 0 saturated carbocycles. The minimum atomic E-state index is -0.0218. The van der Waals surface area contributed by atoms with Crippen LogP contribution in [0.3, 0.4) is 0 Å². The second kappa shape index (κ2) is 9.62. The van der Waals surface area contributed by atoms with Gasteiger partial charge in [0.2, 0.25) is 5.91 Å². The summed E-state index contributed by atoms with van der Waals surface area (Å²) in [6.45, 7) is 3.81. The van der Waals surface area contributed by atoms with E-state index in [1.54, 1.807) is 14.2 Å². The normalized spacial score (nSPS) is 10.6. The fourth-order valence-corrected chi connectivity index (χ4v) is 2.99. The van der Waals surface area contributed by atoms with Gasteiger partial charge in [-0.3, -0.25) is 9.69 Å². The smallest absolute Gasteiger partial charge is 0.238 e. The Balaban J connectivity index is 2.00. The number of anilines is 1. The molecule has 0 atom stereocenters. The molecule has 1 amide bonds. The van der Waals surface area contributed by atoms with Crippen molar-refractivity contribution in [3.63, 3.8) is 0 Å². The molecular formula is C19H23IN2O3. The average molecular weight is 454 g/mol. The Morgan fingerprint density at radius 1 is 1.12 bits per heavy atom. The van der Waals surface area contributed by atoms with E-state index >= 15 is 0 Å². The number of halogens is 1. The lowest BCUT2D eigenvalue weighted by atomic mass is 10.2. The van der Waals surface area contributed by atoms with Crippen LogP contribution in [-0.4, -0.2) is 38.1 Å². The Hall–Kier alpha value is -1.80. The van der Waals surface area contributed by atoms with Crippen molar-refractivity contribution in [2.24, 2.45) is 0 Å². The van der Waals surface area contributed by atoms with Gasteiger partial charge in [0, 0.05) is 10.1 Å². The summed E-state index contributed by atoms with van der Waals surface area (Å²) in [5, 5.41) is 2.97. The topological polar surface area (TPSA) is 50.8 Å². The van der Waals surface area contributed by atoms with Crippen molar-refractivity contribution in [1.29, 1.82) is 0 Å². The van der Waals surface area contributed by atoms with Crippen LogP contribution in [0.25, 0.3) is 0 Å². The largest absolute Gasteiger partial charge is 0.493 e. The molecule has 25 heavy (non-hydrogen) atoms. The quantitative estimate of drug-likeness (QED) is 0.618. The van der Waals surface area contributed by atoms with Gasteiger partial charge < -0.3 is 14.8 Å². The Morgan fingerprint density at radius 3 is 2.48 bits per heavy atom. The van der Waals surface area contributed by atoms with Gasteiger partial charge in [-0.2, -0.15) is 0 Å². The highest BCUT2D eigenvalue weighted by molar-refractivity contribution is 14.1. The number of nitrogens with one attached hydrogen (secondary N) is 1. The third-order valence-electron chi connectivity index (χ3n) is 3.82. The van der Waals surface area contributed by atoms with Gasteiger partial charge in [0.05, 0.1) is 26.5 Å². The molecule has 0 radical (unpaired) electrons. The first-order chi connectivity index (χ1) is 12.1. The Labute approximate surface area is 162 Å². The van der Waals surface area contributed by atoms with Gasteiger partial charge in [-0.1, -0.05) is 25.1 Å². The van der Waals surface area contributed by atoms with Crippen molar-refractivity contribution in [2.75, 3.05) is 32.6 Å². The second-order valence-corrected chi connectivity index (χ2v) is 6.68. The van der Waals surface area contributed by atoms with E-state index in [1.807, 2.05) is 49.4 Å². The predicted octanol–water partition coefficient (Wildman–Crippen LogP) is 3.77. The van der Waals surface area contributed by atoms with Gasteiger partial charge in [-0.05, 0) is 59.0 Å². The summed E-state index contributed by atoms with van der Waals surface area (Å²) >= 11 is 2.22. The van der Waals surface area contributed by atoms with Crippen LogP contribution in [0, 0.1) is 3.57 Å². The summed E-state index contributed by atoms with van der Waals surface area (Å²) in [4.78, 5) is 14.4. The van der Waals surface area contributed by atoms with E-state index in [9.17, 15) is 4.79 Å².